The number of rotatable bonds is 2. The van der Waals surface area contributed by atoms with Crippen molar-refractivity contribution in [2.45, 2.75) is 18.4 Å². The van der Waals surface area contributed by atoms with Crippen LogP contribution in [-0.2, 0) is 11.2 Å². The number of aromatic nitrogens is 1. The number of nitrogens with zero attached hydrogens (tertiary/aromatic N) is 2. The van der Waals surface area contributed by atoms with Gasteiger partial charge in [0.05, 0.1) is 23.8 Å². The van der Waals surface area contributed by atoms with Gasteiger partial charge < -0.3 is 10.2 Å². The van der Waals surface area contributed by atoms with Crippen LogP contribution in [0.15, 0.2) is 73.1 Å². The molecule has 0 saturated heterocycles. The van der Waals surface area contributed by atoms with Crippen LogP contribution in [0.1, 0.15) is 39.0 Å². The van der Waals surface area contributed by atoms with E-state index in [1.54, 1.807) is 18.5 Å². The van der Waals surface area contributed by atoms with Gasteiger partial charge in [0, 0.05) is 18.3 Å². The first-order valence-corrected chi connectivity index (χ1v) is 9.42. The Labute approximate surface area is 163 Å². The minimum Gasteiger partial charge on any atom is -0.330 e. The average Bonchev–Trinajstić information content (AvgIpc) is 2.74. The molecule has 5 nitrogen and oxygen atoms in total. The van der Waals surface area contributed by atoms with Crippen molar-refractivity contribution in [2.75, 3.05) is 11.9 Å². The number of anilines is 1. The zero-order valence-electron chi connectivity index (χ0n) is 15.2. The minimum absolute atomic E-state index is 0.000492. The van der Waals surface area contributed by atoms with Crippen LogP contribution in [0.25, 0.3) is 0 Å². The fraction of sp³-hybridized carbons (Fsp3) is 0.174. The van der Waals surface area contributed by atoms with Gasteiger partial charge in [-0.3, -0.25) is 14.6 Å². The Kier molecular flexibility index (Phi) is 3.93. The maximum absolute atomic E-state index is 13.4. The molecule has 2 aliphatic heterocycles. The van der Waals surface area contributed by atoms with E-state index >= 15 is 0 Å². The molecule has 0 bridgehead atoms. The van der Waals surface area contributed by atoms with Gasteiger partial charge in [0.1, 0.15) is 0 Å². The van der Waals surface area contributed by atoms with E-state index in [0.717, 1.165) is 17.5 Å². The van der Waals surface area contributed by atoms with E-state index in [0.29, 0.717) is 17.8 Å². The molecule has 28 heavy (non-hydrogen) atoms. The molecule has 0 fully saturated rings. The molecular formula is C23H19N3O2. The van der Waals surface area contributed by atoms with Crippen LogP contribution < -0.4 is 5.32 Å². The maximum atomic E-state index is 13.4. The van der Waals surface area contributed by atoms with Crippen molar-refractivity contribution in [1.82, 2.24) is 9.88 Å². The summed E-state index contributed by atoms with van der Waals surface area (Å²) in [6, 6.07) is 18.9. The number of benzene rings is 2. The number of nitrogens with one attached hydrogen (secondary N) is 1. The fourth-order valence-corrected chi connectivity index (χ4v) is 4.41. The Balaban J connectivity index is 1.64. The molecule has 0 spiro atoms. The highest BCUT2D eigenvalue weighted by molar-refractivity contribution is 6.04. The number of fused-ring (bicyclic) bond motifs is 4. The summed E-state index contributed by atoms with van der Waals surface area (Å²) in [4.78, 5) is 32.5. The smallest absolute Gasteiger partial charge is 0.254 e. The van der Waals surface area contributed by atoms with Crippen molar-refractivity contribution < 1.29 is 9.59 Å². The number of carbonyl (C=O) groups excluding carboxylic acids is 2. The second-order valence-electron chi connectivity index (χ2n) is 7.19. The normalized spacial score (nSPS) is 20.0. The van der Waals surface area contributed by atoms with Crippen LogP contribution in [0.2, 0.25) is 0 Å². The Morgan fingerprint density at radius 3 is 2.61 bits per heavy atom. The lowest BCUT2D eigenvalue weighted by Crippen LogP contribution is -2.49. The standard InChI is InChI=1S/C23H19N3O2/c27-22(25-16-7-5-12-24-14-16)20-18-9-3-4-10-19(18)23(28)26-13-11-15-6-1-2-8-17(15)21(20)26/h1-10,12,14,20-21H,11,13H2,(H,25,27). The monoisotopic (exact) mass is 369 g/mol. The van der Waals surface area contributed by atoms with Crippen molar-refractivity contribution in [3.63, 3.8) is 0 Å². The lowest BCUT2D eigenvalue weighted by molar-refractivity contribution is -0.119. The molecule has 2 atom stereocenters. The molecular weight excluding hydrogens is 350 g/mol. The molecule has 2 aromatic carbocycles. The van der Waals surface area contributed by atoms with E-state index in [2.05, 4.69) is 16.4 Å². The summed E-state index contributed by atoms with van der Waals surface area (Å²) in [7, 11) is 0. The van der Waals surface area contributed by atoms with Crippen molar-refractivity contribution in [1.29, 1.82) is 0 Å². The summed E-state index contributed by atoms with van der Waals surface area (Å²) in [5.41, 5.74) is 4.31. The van der Waals surface area contributed by atoms with Crippen molar-refractivity contribution in [3.05, 3.63) is 95.3 Å². The summed E-state index contributed by atoms with van der Waals surface area (Å²) in [6.07, 6.45) is 4.10. The molecule has 2 amide bonds. The summed E-state index contributed by atoms with van der Waals surface area (Å²) < 4.78 is 0. The molecule has 5 heteroatoms. The van der Waals surface area contributed by atoms with Gasteiger partial charge in [-0.25, -0.2) is 0 Å². The van der Waals surface area contributed by atoms with E-state index in [-0.39, 0.29) is 17.9 Å². The molecule has 1 N–H and O–H groups in total. The predicted molar refractivity (Wildman–Crippen MR) is 106 cm³/mol. The van der Waals surface area contributed by atoms with Gasteiger partial charge in [-0.2, -0.15) is 0 Å². The zero-order valence-corrected chi connectivity index (χ0v) is 15.2. The minimum atomic E-state index is -0.476. The second-order valence-corrected chi connectivity index (χ2v) is 7.19. The van der Waals surface area contributed by atoms with Gasteiger partial charge >= 0.3 is 0 Å². The van der Waals surface area contributed by atoms with Gasteiger partial charge in [-0.1, -0.05) is 42.5 Å². The highest BCUT2D eigenvalue weighted by Gasteiger charge is 2.46. The summed E-state index contributed by atoms with van der Waals surface area (Å²) in [5, 5.41) is 2.99. The van der Waals surface area contributed by atoms with Crippen molar-refractivity contribution in [3.8, 4) is 0 Å². The molecule has 2 aliphatic rings. The van der Waals surface area contributed by atoms with Crippen LogP contribution in [0.3, 0.4) is 0 Å². The van der Waals surface area contributed by atoms with E-state index in [9.17, 15) is 9.59 Å². The maximum Gasteiger partial charge on any atom is 0.254 e. The quantitative estimate of drug-likeness (QED) is 0.751. The van der Waals surface area contributed by atoms with Crippen molar-refractivity contribution in [2.24, 2.45) is 0 Å². The molecule has 3 heterocycles. The highest BCUT2D eigenvalue weighted by atomic mass is 16.2. The highest BCUT2D eigenvalue weighted by Crippen LogP contribution is 2.46. The predicted octanol–water partition coefficient (Wildman–Crippen LogP) is 3.56. The third kappa shape index (κ3) is 2.59. The Hall–Kier alpha value is -3.47. The summed E-state index contributed by atoms with van der Waals surface area (Å²) >= 11 is 0. The number of hydrogen-bond donors (Lipinski definition) is 1. The van der Waals surface area contributed by atoms with Crippen LogP contribution in [-0.4, -0.2) is 28.2 Å². The Morgan fingerprint density at radius 1 is 1.00 bits per heavy atom. The molecule has 2 unspecified atom stereocenters. The first kappa shape index (κ1) is 16.7. The Bertz CT molecular complexity index is 1060. The van der Waals surface area contributed by atoms with Gasteiger partial charge in [0.25, 0.3) is 5.91 Å². The van der Waals surface area contributed by atoms with E-state index < -0.39 is 5.92 Å². The van der Waals surface area contributed by atoms with Crippen molar-refractivity contribution >= 4 is 17.5 Å². The molecule has 0 aliphatic carbocycles. The SMILES string of the molecule is O=C(Nc1cccnc1)C1c2ccccc2C(=O)N2CCc3ccccc3C12. The topological polar surface area (TPSA) is 62.3 Å². The third-order valence-electron chi connectivity index (χ3n) is 5.65. The molecule has 3 aromatic rings. The third-order valence-corrected chi connectivity index (χ3v) is 5.65. The largest absolute Gasteiger partial charge is 0.330 e. The zero-order chi connectivity index (χ0) is 19.1. The number of carbonyl (C=O) groups is 2. The van der Waals surface area contributed by atoms with E-state index in [1.807, 2.05) is 53.4 Å². The number of pyridine rings is 1. The van der Waals surface area contributed by atoms with Gasteiger partial charge in [-0.05, 0) is 41.3 Å². The molecule has 0 saturated carbocycles. The second kappa shape index (κ2) is 6.60. The van der Waals surface area contributed by atoms with Crippen LogP contribution in [0, 0.1) is 0 Å². The molecule has 1 aromatic heterocycles. The van der Waals surface area contributed by atoms with E-state index in [1.165, 1.54) is 5.56 Å². The average molecular weight is 369 g/mol. The molecule has 0 radical (unpaired) electrons. The summed E-state index contributed by atoms with van der Waals surface area (Å²) in [6.45, 7) is 0.617. The Morgan fingerprint density at radius 2 is 1.79 bits per heavy atom. The van der Waals surface area contributed by atoms with Gasteiger partial charge in [0.2, 0.25) is 5.91 Å². The number of hydrogen-bond acceptors (Lipinski definition) is 3. The fourth-order valence-electron chi connectivity index (χ4n) is 4.41. The molecule has 5 rings (SSSR count). The van der Waals surface area contributed by atoms with Gasteiger partial charge in [0.15, 0.2) is 0 Å². The van der Waals surface area contributed by atoms with Crippen LogP contribution in [0.5, 0.6) is 0 Å². The van der Waals surface area contributed by atoms with Crippen LogP contribution in [0.4, 0.5) is 5.69 Å². The number of amides is 2. The van der Waals surface area contributed by atoms with Gasteiger partial charge in [-0.15, -0.1) is 0 Å². The first-order chi connectivity index (χ1) is 13.7. The van der Waals surface area contributed by atoms with Crippen LogP contribution >= 0.6 is 0 Å². The van der Waals surface area contributed by atoms with E-state index in [4.69, 9.17) is 0 Å². The lowest BCUT2D eigenvalue weighted by atomic mass is 9.76. The first-order valence-electron chi connectivity index (χ1n) is 9.42. The lowest BCUT2D eigenvalue weighted by Gasteiger charge is -2.45. The molecule has 138 valence electrons. The summed E-state index contributed by atoms with van der Waals surface area (Å²) in [5.74, 6) is -0.601.